The molecular weight excluding hydrogens is 472 g/mol. The number of carbonyl (C=O) groups excluding carboxylic acids is 1. The van der Waals surface area contributed by atoms with Gasteiger partial charge in [0.05, 0.1) is 16.7 Å². The van der Waals surface area contributed by atoms with Gasteiger partial charge in [0, 0.05) is 25.2 Å². The van der Waals surface area contributed by atoms with Crippen LogP contribution in [-0.4, -0.2) is 39.8 Å². The summed E-state index contributed by atoms with van der Waals surface area (Å²) in [6.07, 6.45) is 0. The molecule has 0 saturated carbocycles. The van der Waals surface area contributed by atoms with E-state index in [9.17, 15) is 18.4 Å². The van der Waals surface area contributed by atoms with E-state index in [-0.39, 0.29) is 28.9 Å². The summed E-state index contributed by atoms with van der Waals surface area (Å²) < 4.78 is 30.5. The van der Waals surface area contributed by atoms with Crippen molar-refractivity contribution in [2.75, 3.05) is 12.8 Å². The lowest BCUT2D eigenvalue weighted by Crippen LogP contribution is -2.29. The van der Waals surface area contributed by atoms with Crippen molar-refractivity contribution in [1.82, 2.24) is 14.5 Å². The fourth-order valence-corrected chi connectivity index (χ4v) is 4.31. The lowest BCUT2D eigenvalue weighted by Gasteiger charge is -2.19. The number of fused-ring (bicyclic) bond motifs is 1. The normalized spacial score (nSPS) is 11.4. The van der Waals surface area contributed by atoms with E-state index in [2.05, 4.69) is 9.72 Å². The maximum absolute atomic E-state index is 13.0. The van der Waals surface area contributed by atoms with E-state index >= 15 is 0 Å². The minimum absolute atomic E-state index is 0.0603. The van der Waals surface area contributed by atoms with Gasteiger partial charge in [0.25, 0.3) is 5.56 Å². The molecule has 176 valence electrons. The summed E-state index contributed by atoms with van der Waals surface area (Å²) in [7, 11) is 1.66. The maximum atomic E-state index is 13.0. The summed E-state index contributed by atoms with van der Waals surface area (Å²) in [5.41, 5.74) is 1.11. The first-order valence-electron chi connectivity index (χ1n) is 10.2. The molecule has 0 unspecified atom stereocenters. The molecule has 3 aromatic rings. The van der Waals surface area contributed by atoms with E-state index in [1.54, 1.807) is 41.9 Å². The second kappa shape index (κ2) is 11.0. The van der Waals surface area contributed by atoms with E-state index in [1.165, 1.54) is 28.8 Å². The summed E-state index contributed by atoms with van der Waals surface area (Å²) in [4.78, 5) is 31.9. The van der Waals surface area contributed by atoms with Gasteiger partial charge >= 0.3 is 6.61 Å². The Kier molecular flexibility index (Phi) is 8.31. The second-order valence-electron chi connectivity index (χ2n) is 7.93. The average Bonchev–Trinajstić information content (AvgIpc) is 2.75. The van der Waals surface area contributed by atoms with Crippen molar-refractivity contribution in [3.05, 3.63) is 63.4 Å². The van der Waals surface area contributed by atoms with Gasteiger partial charge in [-0.3, -0.25) is 14.2 Å². The molecule has 1 amide bonds. The first-order valence-corrected chi connectivity index (χ1v) is 11.6. The molecule has 3 rings (SSSR count). The van der Waals surface area contributed by atoms with Crippen LogP contribution >= 0.6 is 23.4 Å². The second-order valence-corrected chi connectivity index (χ2v) is 9.31. The first-order chi connectivity index (χ1) is 15.6. The van der Waals surface area contributed by atoms with Crippen LogP contribution in [0.1, 0.15) is 19.4 Å². The molecule has 33 heavy (non-hydrogen) atoms. The van der Waals surface area contributed by atoms with E-state index in [0.29, 0.717) is 34.2 Å². The van der Waals surface area contributed by atoms with E-state index in [4.69, 9.17) is 11.6 Å². The molecule has 0 N–H and O–H groups in total. The van der Waals surface area contributed by atoms with Crippen molar-refractivity contribution < 1.29 is 18.3 Å². The molecular formula is C23H24ClF2N3O3S. The number of aromatic nitrogens is 2. The number of hydrogen-bond donors (Lipinski definition) is 0. The summed E-state index contributed by atoms with van der Waals surface area (Å²) in [6.45, 7) is 1.88. The van der Waals surface area contributed by atoms with E-state index in [0.717, 1.165) is 5.56 Å². The zero-order chi connectivity index (χ0) is 24.1. The van der Waals surface area contributed by atoms with Gasteiger partial charge in [0.2, 0.25) is 5.91 Å². The zero-order valence-corrected chi connectivity index (χ0v) is 20.0. The third kappa shape index (κ3) is 6.68. The molecule has 0 aliphatic carbocycles. The predicted octanol–water partition coefficient (Wildman–Crippen LogP) is 5.06. The lowest BCUT2D eigenvalue weighted by atomic mass is 10.2. The Morgan fingerprint density at radius 2 is 1.91 bits per heavy atom. The fourth-order valence-electron chi connectivity index (χ4n) is 3.18. The van der Waals surface area contributed by atoms with Gasteiger partial charge < -0.3 is 9.64 Å². The molecule has 0 fully saturated rings. The molecule has 0 bridgehead atoms. The third-order valence-electron chi connectivity index (χ3n) is 4.75. The number of amides is 1. The molecule has 1 heterocycles. The largest absolute Gasteiger partial charge is 0.435 e. The number of nitrogens with zero attached hydrogens (tertiary/aromatic N) is 3. The quantitative estimate of drug-likeness (QED) is 0.307. The molecule has 0 atom stereocenters. The molecule has 0 spiro atoms. The highest BCUT2D eigenvalue weighted by molar-refractivity contribution is 7.99. The molecule has 10 heteroatoms. The van der Waals surface area contributed by atoms with Gasteiger partial charge in [-0.25, -0.2) is 4.98 Å². The minimum Gasteiger partial charge on any atom is -0.435 e. The molecule has 6 nitrogen and oxygen atoms in total. The van der Waals surface area contributed by atoms with Crippen LogP contribution in [0.2, 0.25) is 5.02 Å². The highest BCUT2D eigenvalue weighted by Gasteiger charge is 2.16. The van der Waals surface area contributed by atoms with Crippen LogP contribution in [0.25, 0.3) is 10.9 Å². The van der Waals surface area contributed by atoms with Crippen molar-refractivity contribution in [2.24, 2.45) is 5.92 Å². The Bertz CT molecular complexity index is 1190. The summed E-state index contributed by atoms with van der Waals surface area (Å²) >= 11 is 7.25. The number of thioether (sulfide) groups is 1. The van der Waals surface area contributed by atoms with Crippen molar-refractivity contribution in [3.63, 3.8) is 0 Å². The van der Waals surface area contributed by atoms with Crippen molar-refractivity contribution in [1.29, 1.82) is 0 Å². The van der Waals surface area contributed by atoms with Gasteiger partial charge in [-0.05, 0) is 41.8 Å². The van der Waals surface area contributed by atoms with Crippen LogP contribution in [0.4, 0.5) is 8.78 Å². The highest BCUT2D eigenvalue weighted by Crippen LogP contribution is 2.22. The van der Waals surface area contributed by atoms with Crippen LogP contribution in [0.3, 0.4) is 0 Å². The molecule has 2 aromatic carbocycles. The van der Waals surface area contributed by atoms with Crippen LogP contribution < -0.4 is 10.3 Å². The molecule has 0 saturated heterocycles. The summed E-state index contributed by atoms with van der Waals surface area (Å²) in [5.74, 6) is 0.197. The number of benzene rings is 2. The van der Waals surface area contributed by atoms with Crippen molar-refractivity contribution in [2.45, 2.75) is 38.7 Å². The summed E-state index contributed by atoms with van der Waals surface area (Å²) in [5, 5.41) is 1.37. The molecule has 0 aliphatic rings. The SMILES string of the molecule is CC(C)Cn1c(SCC(=O)N(C)Cc2ccc(OC(F)F)cc2)nc2ccc(Cl)cc2c1=O. The molecule has 0 radical (unpaired) electrons. The Morgan fingerprint density at radius 1 is 1.21 bits per heavy atom. The number of alkyl halides is 2. The number of carbonyl (C=O) groups is 1. The number of hydrogen-bond acceptors (Lipinski definition) is 5. The number of ether oxygens (including phenoxy) is 1. The standard InChI is InChI=1S/C23H24ClF2N3O3S/c1-14(2)11-29-21(31)18-10-16(24)6-9-19(18)27-23(29)33-13-20(30)28(3)12-15-4-7-17(8-5-15)32-22(25)26/h4-10,14,22H,11-13H2,1-3H3. The third-order valence-corrected chi connectivity index (χ3v) is 5.94. The van der Waals surface area contributed by atoms with Crippen LogP contribution in [-0.2, 0) is 17.9 Å². The van der Waals surface area contributed by atoms with Crippen LogP contribution in [0.5, 0.6) is 5.75 Å². The molecule has 1 aromatic heterocycles. The van der Waals surface area contributed by atoms with Gasteiger partial charge in [0.15, 0.2) is 5.16 Å². The van der Waals surface area contributed by atoms with Crippen molar-refractivity contribution in [3.8, 4) is 5.75 Å². The topological polar surface area (TPSA) is 64.4 Å². The van der Waals surface area contributed by atoms with Gasteiger partial charge in [-0.1, -0.05) is 49.3 Å². The highest BCUT2D eigenvalue weighted by atomic mass is 35.5. The van der Waals surface area contributed by atoms with Crippen molar-refractivity contribution >= 4 is 40.2 Å². The Hall–Kier alpha value is -2.65. The Morgan fingerprint density at radius 3 is 2.55 bits per heavy atom. The monoisotopic (exact) mass is 495 g/mol. The molecule has 0 aliphatic heterocycles. The van der Waals surface area contributed by atoms with Gasteiger partial charge in [-0.15, -0.1) is 0 Å². The van der Waals surface area contributed by atoms with E-state index < -0.39 is 6.61 Å². The predicted molar refractivity (Wildman–Crippen MR) is 126 cm³/mol. The van der Waals surface area contributed by atoms with Gasteiger partial charge in [0.1, 0.15) is 5.75 Å². The fraction of sp³-hybridized carbons (Fsp3) is 0.348. The Balaban J connectivity index is 1.72. The Labute approximate surface area is 199 Å². The lowest BCUT2D eigenvalue weighted by molar-refractivity contribution is -0.127. The van der Waals surface area contributed by atoms with Gasteiger partial charge in [-0.2, -0.15) is 8.78 Å². The average molecular weight is 496 g/mol. The maximum Gasteiger partial charge on any atom is 0.387 e. The summed E-state index contributed by atoms with van der Waals surface area (Å²) in [6, 6.07) is 11.1. The van der Waals surface area contributed by atoms with Crippen LogP contribution in [0.15, 0.2) is 52.4 Å². The van der Waals surface area contributed by atoms with Crippen LogP contribution in [0, 0.1) is 5.92 Å². The minimum atomic E-state index is -2.88. The zero-order valence-electron chi connectivity index (χ0n) is 18.4. The smallest absolute Gasteiger partial charge is 0.387 e. The first kappa shape index (κ1) is 25.0. The number of rotatable bonds is 9. The van der Waals surface area contributed by atoms with E-state index in [1.807, 2.05) is 13.8 Å². The number of halogens is 3.